The Labute approximate surface area is 172 Å². The maximum atomic E-state index is 12.8. The zero-order valence-electron chi connectivity index (χ0n) is 16.6. The first-order chi connectivity index (χ1) is 13.1. The van der Waals surface area contributed by atoms with Gasteiger partial charge in [-0.2, -0.15) is 0 Å². The van der Waals surface area contributed by atoms with Gasteiger partial charge in [-0.1, -0.05) is 61.8 Å². The Morgan fingerprint density at radius 3 is 2.36 bits per heavy atom. The second-order valence-corrected chi connectivity index (χ2v) is 9.70. The number of halogens is 1. The number of anilines is 1. The Morgan fingerprint density at radius 2 is 1.79 bits per heavy atom. The number of amides is 1. The summed E-state index contributed by atoms with van der Waals surface area (Å²) in [6.45, 7) is 5.65. The molecule has 7 heteroatoms. The van der Waals surface area contributed by atoms with Gasteiger partial charge < -0.3 is 5.32 Å². The number of carbonyl (C=O) groups excluding carboxylic acids is 1. The molecule has 2 aromatic carbocycles. The van der Waals surface area contributed by atoms with E-state index in [2.05, 4.69) is 19.2 Å². The van der Waals surface area contributed by atoms with Crippen molar-refractivity contribution in [2.75, 3.05) is 17.1 Å². The summed E-state index contributed by atoms with van der Waals surface area (Å²) >= 11 is 6.05. The molecule has 1 amide bonds. The van der Waals surface area contributed by atoms with Gasteiger partial charge in [-0.25, -0.2) is 8.42 Å². The molecule has 152 valence electrons. The van der Waals surface area contributed by atoms with E-state index in [0.717, 1.165) is 28.1 Å². The van der Waals surface area contributed by atoms with Crippen molar-refractivity contribution in [1.29, 1.82) is 0 Å². The van der Waals surface area contributed by atoms with Gasteiger partial charge in [0.1, 0.15) is 6.54 Å². The molecule has 0 saturated carbocycles. The Balaban J connectivity index is 2.26. The second-order valence-electron chi connectivity index (χ2n) is 7.36. The molecule has 0 heterocycles. The number of sulfonamides is 1. The van der Waals surface area contributed by atoms with Crippen LogP contribution in [0.15, 0.2) is 48.5 Å². The summed E-state index contributed by atoms with van der Waals surface area (Å²) in [5, 5.41) is 3.41. The van der Waals surface area contributed by atoms with E-state index in [1.54, 1.807) is 25.1 Å². The Hall–Kier alpha value is -2.05. The third-order valence-electron chi connectivity index (χ3n) is 4.37. The summed E-state index contributed by atoms with van der Waals surface area (Å²) in [4.78, 5) is 12.8. The number of carbonyl (C=O) groups is 1. The lowest BCUT2D eigenvalue weighted by Gasteiger charge is -2.26. The van der Waals surface area contributed by atoms with E-state index >= 15 is 0 Å². The van der Waals surface area contributed by atoms with Crippen LogP contribution in [0.5, 0.6) is 0 Å². The van der Waals surface area contributed by atoms with Crippen LogP contribution < -0.4 is 9.62 Å². The summed E-state index contributed by atoms with van der Waals surface area (Å²) in [6, 6.07) is 14.5. The van der Waals surface area contributed by atoms with Gasteiger partial charge in [-0.3, -0.25) is 9.10 Å². The zero-order valence-corrected chi connectivity index (χ0v) is 18.2. The van der Waals surface area contributed by atoms with Crippen molar-refractivity contribution in [3.63, 3.8) is 0 Å². The van der Waals surface area contributed by atoms with E-state index in [0.29, 0.717) is 16.6 Å². The summed E-state index contributed by atoms with van der Waals surface area (Å²) < 4.78 is 25.8. The summed E-state index contributed by atoms with van der Waals surface area (Å²) in [5.74, 6) is 0.00555. The largest absolute Gasteiger partial charge is 0.348 e. The second kappa shape index (κ2) is 9.43. The fourth-order valence-electron chi connectivity index (χ4n) is 3.04. The summed E-state index contributed by atoms with van der Waals surface area (Å²) in [7, 11) is -3.66. The third kappa shape index (κ3) is 6.24. The highest BCUT2D eigenvalue weighted by Crippen LogP contribution is 2.26. The van der Waals surface area contributed by atoms with Crippen LogP contribution in [0.1, 0.15) is 37.4 Å². The maximum absolute atomic E-state index is 12.8. The predicted molar refractivity (Wildman–Crippen MR) is 115 cm³/mol. The van der Waals surface area contributed by atoms with Crippen molar-refractivity contribution < 1.29 is 13.2 Å². The molecule has 2 rings (SSSR count). The van der Waals surface area contributed by atoms with Crippen LogP contribution in [0, 0.1) is 12.8 Å². The van der Waals surface area contributed by atoms with Gasteiger partial charge in [0.05, 0.1) is 18.0 Å². The third-order valence-corrected chi connectivity index (χ3v) is 5.73. The number of nitrogens with one attached hydrogen (secondary N) is 1. The predicted octanol–water partition coefficient (Wildman–Crippen LogP) is 4.32. The van der Waals surface area contributed by atoms with E-state index < -0.39 is 10.0 Å². The fourth-order valence-corrected chi connectivity index (χ4v) is 4.11. The van der Waals surface area contributed by atoms with E-state index in [4.69, 9.17) is 11.6 Å². The van der Waals surface area contributed by atoms with Crippen molar-refractivity contribution in [1.82, 2.24) is 5.32 Å². The first-order valence-electron chi connectivity index (χ1n) is 9.16. The van der Waals surface area contributed by atoms with Crippen LogP contribution in [0.3, 0.4) is 0 Å². The first kappa shape index (κ1) is 22.2. The summed E-state index contributed by atoms with van der Waals surface area (Å²) in [5.41, 5.74) is 2.13. The van der Waals surface area contributed by atoms with E-state index in [1.165, 1.54) is 0 Å². The Bertz CT molecular complexity index is 915. The van der Waals surface area contributed by atoms with Crippen LogP contribution in [-0.4, -0.2) is 27.1 Å². The van der Waals surface area contributed by atoms with Gasteiger partial charge in [0.25, 0.3) is 0 Å². The van der Waals surface area contributed by atoms with Gasteiger partial charge in [0.15, 0.2) is 0 Å². The van der Waals surface area contributed by atoms with Gasteiger partial charge in [0.2, 0.25) is 15.9 Å². The van der Waals surface area contributed by atoms with Crippen molar-refractivity contribution >= 4 is 33.2 Å². The van der Waals surface area contributed by atoms with Crippen LogP contribution >= 0.6 is 11.6 Å². The minimum atomic E-state index is -3.66. The molecule has 0 spiro atoms. The average Bonchev–Trinajstić information content (AvgIpc) is 2.61. The van der Waals surface area contributed by atoms with Gasteiger partial charge in [-0.15, -0.1) is 0 Å². The highest BCUT2D eigenvalue weighted by Gasteiger charge is 2.24. The molecule has 5 nitrogen and oxygen atoms in total. The maximum Gasteiger partial charge on any atom is 0.241 e. The lowest BCUT2D eigenvalue weighted by molar-refractivity contribution is -0.120. The SMILES string of the molecule is Cc1ccc(Cl)cc1N(CC(=O)N[C@@H](CC(C)C)c1ccccc1)S(C)(=O)=O. The molecule has 28 heavy (non-hydrogen) atoms. The molecule has 0 unspecified atom stereocenters. The lowest BCUT2D eigenvalue weighted by atomic mass is 9.97. The van der Waals surface area contributed by atoms with E-state index in [-0.39, 0.29) is 18.5 Å². The van der Waals surface area contributed by atoms with E-state index in [1.807, 2.05) is 30.3 Å². The quantitative estimate of drug-likeness (QED) is 0.688. The van der Waals surface area contributed by atoms with E-state index in [9.17, 15) is 13.2 Å². The molecule has 0 fully saturated rings. The lowest BCUT2D eigenvalue weighted by Crippen LogP contribution is -2.42. The molecule has 0 aliphatic carbocycles. The normalized spacial score (nSPS) is 12.6. The fraction of sp³-hybridized carbons (Fsp3) is 0.381. The molecule has 0 saturated heterocycles. The number of benzene rings is 2. The van der Waals surface area contributed by atoms with Crippen LogP contribution in [0.4, 0.5) is 5.69 Å². The minimum absolute atomic E-state index is 0.185. The topological polar surface area (TPSA) is 66.5 Å². The molecule has 0 aromatic heterocycles. The number of hydrogen-bond donors (Lipinski definition) is 1. The number of rotatable bonds is 8. The number of nitrogens with zero attached hydrogens (tertiary/aromatic N) is 1. The molecule has 0 radical (unpaired) electrons. The Kier molecular flexibility index (Phi) is 7.49. The van der Waals surface area contributed by atoms with Crippen molar-refractivity contribution in [2.45, 2.75) is 33.2 Å². The first-order valence-corrected chi connectivity index (χ1v) is 11.4. The highest BCUT2D eigenvalue weighted by molar-refractivity contribution is 7.92. The summed E-state index contributed by atoms with van der Waals surface area (Å²) in [6.07, 6.45) is 1.84. The molecular weight excluding hydrogens is 396 g/mol. The molecule has 1 N–H and O–H groups in total. The smallest absolute Gasteiger partial charge is 0.241 e. The average molecular weight is 423 g/mol. The monoisotopic (exact) mass is 422 g/mol. The van der Waals surface area contributed by atoms with Gasteiger partial charge >= 0.3 is 0 Å². The molecule has 0 aliphatic rings. The standard InChI is InChI=1S/C21H27ClN2O3S/c1-15(2)12-19(17-8-6-5-7-9-17)23-21(25)14-24(28(4,26)27)20-13-18(22)11-10-16(20)3/h5-11,13,15,19H,12,14H2,1-4H3,(H,23,25)/t19-/m0/s1. The highest BCUT2D eigenvalue weighted by atomic mass is 35.5. The van der Waals surface area contributed by atoms with Crippen molar-refractivity contribution in [3.8, 4) is 0 Å². The Morgan fingerprint density at radius 1 is 1.14 bits per heavy atom. The van der Waals surface area contributed by atoms with Gasteiger partial charge in [-0.05, 0) is 42.5 Å². The van der Waals surface area contributed by atoms with Crippen molar-refractivity contribution in [2.24, 2.45) is 5.92 Å². The molecule has 2 aromatic rings. The molecule has 1 atom stereocenters. The van der Waals surface area contributed by atoms with Crippen molar-refractivity contribution in [3.05, 3.63) is 64.7 Å². The van der Waals surface area contributed by atoms with Gasteiger partial charge in [0, 0.05) is 5.02 Å². The minimum Gasteiger partial charge on any atom is -0.348 e. The van der Waals surface area contributed by atoms with Crippen LogP contribution in [0.2, 0.25) is 5.02 Å². The molecule has 0 bridgehead atoms. The number of hydrogen-bond acceptors (Lipinski definition) is 3. The molecule has 0 aliphatic heterocycles. The van der Waals surface area contributed by atoms with Crippen LogP contribution in [-0.2, 0) is 14.8 Å². The molecular formula is C21H27ClN2O3S. The van der Waals surface area contributed by atoms with Crippen LogP contribution in [0.25, 0.3) is 0 Å². The zero-order chi connectivity index (χ0) is 20.9. The number of aryl methyl sites for hydroxylation is 1.